The molecule has 33 heavy (non-hydrogen) atoms. The van der Waals surface area contributed by atoms with Gasteiger partial charge >= 0.3 is 0 Å². The van der Waals surface area contributed by atoms with Crippen LogP contribution in [0.5, 0.6) is 5.75 Å². The van der Waals surface area contributed by atoms with Gasteiger partial charge < -0.3 is 18.9 Å². The summed E-state index contributed by atoms with van der Waals surface area (Å²) < 4.78 is 12.8. The van der Waals surface area contributed by atoms with Gasteiger partial charge in [0.25, 0.3) is 5.91 Å². The quantitative estimate of drug-likeness (QED) is 0.472. The van der Waals surface area contributed by atoms with Gasteiger partial charge in [-0.05, 0) is 17.5 Å². The van der Waals surface area contributed by atoms with Gasteiger partial charge in [0.1, 0.15) is 6.61 Å². The van der Waals surface area contributed by atoms with Crippen LogP contribution in [0.2, 0.25) is 0 Å². The van der Waals surface area contributed by atoms with E-state index in [0.29, 0.717) is 32.4 Å². The van der Waals surface area contributed by atoms with Crippen LogP contribution in [-0.4, -0.2) is 48.5 Å². The number of methoxy groups -OCH3 is 1. The lowest BCUT2D eigenvalue weighted by Gasteiger charge is -2.37. The van der Waals surface area contributed by atoms with Gasteiger partial charge in [-0.3, -0.25) is 14.4 Å². The second kappa shape index (κ2) is 10.3. The normalized spacial score (nSPS) is 15.2. The Morgan fingerprint density at radius 3 is 2.30 bits per heavy atom. The van der Waals surface area contributed by atoms with Crippen LogP contribution in [0.15, 0.2) is 71.7 Å². The Balaban J connectivity index is 1.79. The van der Waals surface area contributed by atoms with Gasteiger partial charge in [0.05, 0.1) is 18.2 Å². The van der Waals surface area contributed by atoms with Gasteiger partial charge in [-0.25, -0.2) is 0 Å². The molecule has 1 aliphatic heterocycles. The standard InChI is InChI=1S/C26H26N2O5/c1-32-13-12-27-16-22(14-19-8-4-2-5-9-19)28-15-21(17-29)24(30)25(23(28)26(27)31)33-18-20-10-6-3-7-11-20/h2-11,15,17,22H,12-14,16,18H2,1H3/t22-/m0/s1. The topological polar surface area (TPSA) is 77.8 Å². The maximum Gasteiger partial charge on any atom is 0.274 e. The van der Waals surface area contributed by atoms with Crippen LogP contribution in [0.4, 0.5) is 0 Å². The molecule has 0 unspecified atom stereocenters. The van der Waals surface area contributed by atoms with Crippen LogP contribution in [0.3, 0.4) is 0 Å². The number of aldehydes is 1. The number of benzene rings is 2. The number of hydrogen-bond acceptors (Lipinski definition) is 5. The van der Waals surface area contributed by atoms with Crippen molar-refractivity contribution in [2.24, 2.45) is 0 Å². The van der Waals surface area contributed by atoms with Crippen LogP contribution in [0.1, 0.15) is 38.0 Å². The first-order chi connectivity index (χ1) is 16.1. The molecule has 1 atom stereocenters. The maximum atomic E-state index is 13.4. The molecule has 4 rings (SSSR count). The summed E-state index contributed by atoms with van der Waals surface area (Å²) in [6, 6.07) is 19.1. The van der Waals surface area contributed by atoms with Crippen molar-refractivity contribution in [3.05, 3.63) is 99.5 Å². The molecule has 3 aromatic rings. The number of hydrogen-bond donors (Lipinski definition) is 0. The van der Waals surface area contributed by atoms with E-state index in [1.807, 2.05) is 60.7 Å². The van der Waals surface area contributed by atoms with Gasteiger partial charge in [0.2, 0.25) is 5.43 Å². The Hall–Kier alpha value is -3.71. The fraction of sp³-hybridized carbons (Fsp3) is 0.269. The van der Waals surface area contributed by atoms with Gasteiger partial charge in [-0.2, -0.15) is 0 Å². The summed E-state index contributed by atoms with van der Waals surface area (Å²) in [5.41, 5.74) is 1.51. The molecule has 7 heteroatoms. The molecular formula is C26H26N2O5. The molecule has 0 saturated heterocycles. The van der Waals surface area contributed by atoms with Crippen molar-refractivity contribution in [1.29, 1.82) is 0 Å². The lowest BCUT2D eigenvalue weighted by Crippen LogP contribution is -2.46. The molecule has 2 heterocycles. The highest BCUT2D eigenvalue weighted by Crippen LogP contribution is 2.29. The summed E-state index contributed by atoms with van der Waals surface area (Å²) in [5, 5.41) is 0. The van der Waals surface area contributed by atoms with Gasteiger partial charge in [-0.15, -0.1) is 0 Å². The van der Waals surface area contributed by atoms with Gasteiger partial charge in [0, 0.05) is 26.4 Å². The number of pyridine rings is 1. The largest absolute Gasteiger partial charge is 0.483 e. The average Bonchev–Trinajstić information content (AvgIpc) is 2.85. The monoisotopic (exact) mass is 446 g/mol. The lowest BCUT2D eigenvalue weighted by atomic mass is 10.0. The predicted octanol–water partition coefficient (Wildman–Crippen LogP) is 3.13. The number of amides is 1. The zero-order valence-corrected chi connectivity index (χ0v) is 18.5. The number of nitrogens with zero attached hydrogens (tertiary/aromatic N) is 2. The summed E-state index contributed by atoms with van der Waals surface area (Å²) in [6.07, 6.45) is 2.63. The first-order valence-electron chi connectivity index (χ1n) is 10.9. The average molecular weight is 447 g/mol. The van der Waals surface area contributed by atoms with Crippen molar-refractivity contribution >= 4 is 12.2 Å². The Morgan fingerprint density at radius 1 is 1.00 bits per heavy atom. The number of ether oxygens (including phenoxy) is 2. The minimum atomic E-state index is -0.576. The summed E-state index contributed by atoms with van der Waals surface area (Å²) in [5.74, 6) is -0.400. The molecule has 0 saturated carbocycles. The number of rotatable bonds is 9. The van der Waals surface area contributed by atoms with Crippen LogP contribution < -0.4 is 10.2 Å². The summed E-state index contributed by atoms with van der Waals surface area (Å²) in [4.78, 5) is 39.9. The summed E-state index contributed by atoms with van der Waals surface area (Å²) in [6.45, 7) is 1.31. The molecule has 1 aromatic heterocycles. The zero-order valence-electron chi connectivity index (χ0n) is 18.5. The van der Waals surface area contributed by atoms with E-state index in [4.69, 9.17) is 9.47 Å². The second-order valence-corrected chi connectivity index (χ2v) is 7.98. The number of fused-ring (bicyclic) bond motifs is 1. The minimum absolute atomic E-state index is 0.0296. The molecular weight excluding hydrogens is 420 g/mol. The van der Waals surface area contributed by atoms with E-state index in [-0.39, 0.29) is 35.6 Å². The molecule has 0 bridgehead atoms. The highest BCUT2D eigenvalue weighted by Gasteiger charge is 2.35. The Bertz CT molecular complexity index is 1170. The summed E-state index contributed by atoms with van der Waals surface area (Å²) >= 11 is 0. The van der Waals surface area contributed by atoms with E-state index in [9.17, 15) is 14.4 Å². The molecule has 0 aliphatic carbocycles. The number of carbonyl (C=O) groups excluding carboxylic acids is 2. The molecule has 0 N–H and O–H groups in total. The van der Waals surface area contributed by atoms with Crippen LogP contribution in [-0.2, 0) is 17.8 Å². The first kappa shape index (κ1) is 22.5. The highest BCUT2D eigenvalue weighted by atomic mass is 16.5. The third-order valence-electron chi connectivity index (χ3n) is 5.77. The highest BCUT2D eigenvalue weighted by molar-refractivity contribution is 5.97. The van der Waals surface area contributed by atoms with Gasteiger partial charge in [-0.1, -0.05) is 60.7 Å². The van der Waals surface area contributed by atoms with Crippen LogP contribution in [0.25, 0.3) is 0 Å². The van der Waals surface area contributed by atoms with E-state index in [2.05, 4.69) is 0 Å². The van der Waals surface area contributed by atoms with Crippen molar-refractivity contribution in [2.75, 3.05) is 26.8 Å². The van der Waals surface area contributed by atoms with E-state index in [0.717, 1.165) is 11.1 Å². The summed E-state index contributed by atoms with van der Waals surface area (Å²) in [7, 11) is 1.58. The molecule has 0 spiro atoms. The first-order valence-corrected chi connectivity index (χ1v) is 10.9. The Labute approximate surface area is 192 Å². The molecule has 7 nitrogen and oxygen atoms in total. The SMILES string of the molecule is COCCN1C[C@H](Cc2ccccc2)n2cc(C=O)c(=O)c(OCc3ccccc3)c2C1=O. The molecule has 1 aliphatic rings. The minimum Gasteiger partial charge on any atom is -0.483 e. The van der Waals surface area contributed by atoms with E-state index in [1.54, 1.807) is 16.6 Å². The number of carbonyl (C=O) groups is 2. The molecule has 2 aromatic carbocycles. The fourth-order valence-electron chi connectivity index (χ4n) is 4.09. The van der Waals surface area contributed by atoms with Crippen LogP contribution >= 0.6 is 0 Å². The van der Waals surface area contributed by atoms with E-state index < -0.39 is 5.43 Å². The molecule has 170 valence electrons. The van der Waals surface area contributed by atoms with Crippen LogP contribution in [0, 0.1) is 0 Å². The predicted molar refractivity (Wildman–Crippen MR) is 124 cm³/mol. The van der Waals surface area contributed by atoms with Crippen molar-refractivity contribution in [2.45, 2.75) is 19.1 Å². The maximum absolute atomic E-state index is 13.4. The third kappa shape index (κ3) is 4.88. The number of aromatic nitrogens is 1. The van der Waals surface area contributed by atoms with E-state index >= 15 is 0 Å². The van der Waals surface area contributed by atoms with Crippen molar-refractivity contribution in [1.82, 2.24) is 9.47 Å². The van der Waals surface area contributed by atoms with E-state index in [1.165, 1.54) is 6.20 Å². The Kier molecular flexibility index (Phi) is 7.00. The van der Waals surface area contributed by atoms with Crippen molar-refractivity contribution in [3.63, 3.8) is 0 Å². The van der Waals surface area contributed by atoms with Gasteiger partial charge in [0.15, 0.2) is 17.7 Å². The molecule has 0 fully saturated rings. The fourth-order valence-corrected chi connectivity index (χ4v) is 4.09. The molecule has 0 radical (unpaired) electrons. The van der Waals surface area contributed by atoms with Crippen molar-refractivity contribution in [3.8, 4) is 5.75 Å². The zero-order chi connectivity index (χ0) is 23.2. The third-order valence-corrected chi connectivity index (χ3v) is 5.77. The smallest absolute Gasteiger partial charge is 0.274 e. The molecule has 1 amide bonds. The van der Waals surface area contributed by atoms with Crippen molar-refractivity contribution < 1.29 is 19.1 Å². The second-order valence-electron chi connectivity index (χ2n) is 7.98. The lowest BCUT2D eigenvalue weighted by molar-refractivity contribution is 0.0588. The Morgan fingerprint density at radius 2 is 1.67 bits per heavy atom.